The van der Waals surface area contributed by atoms with E-state index < -0.39 is 0 Å². The summed E-state index contributed by atoms with van der Waals surface area (Å²) in [7, 11) is 0. The molecule has 2 aromatic rings. The third-order valence-corrected chi connectivity index (χ3v) is 4.76. The Kier molecular flexibility index (Phi) is 4.19. The Labute approximate surface area is 129 Å². The second-order valence-electron chi connectivity index (χ2n) is 5.80. The predicted octanol–water partition coefficient (Wildman–Crippen LogP) is 3.13. The number of fused-ring (bicyclic) bond motifs is 1. The van der Waals surface area contributed by atoms with Crippen molar-refractivity contribution in [3.8, 4) is 0 Å². The highest BCUT2D eigenvalue weighted by atomic mass is 32.2. The Bertz CT molecular complexity index is 606. The van der Waals surface area contributed by atoms with Crippen molar-refractivity contribution in [2.75, 3.05) is 12.0 Å². The Balaban J connectivity index is 1.78. The van der Waals surface area contributed by atoms with E-state index in [1.54, 1.807) is 11.8 Å². The summed E-state index contributed by atoms with van der Waals surface area (Å²) in [6.07, 6.45) is 4.00. The third kappa shape index (κ3) is 3.23. The number of aromatic nitrogens is 2. The lowest BCUT2D eigenvalue weighted by molar-refractivity contribution is -0.123. The lowest BCUT2D eigenvalue weighted by Gasteiger charge is -2.16. The van der Waals surface area contributed by atoms with E-state index in [0.29, 0.717) is 5.92 Å². The quantitative estimate of drug-likeness (QED) is 0.862. The van der Waals surface area contributed by atoms with E-state index in [1.807, 2.05) is 24.3 Å². The zero-order valence-corrected chi connectivity index (χ0v) is 13.2. The number of para-hydroxylation sites is 2. The molecule has 1 aromatic carbocycles. The molecule has 1 fully saturated rings. The van der Waals surface area contributed by atoms with Gasteiger partial charge in [-0.15, -0.1) is 0 Å². The summed E-state index contributed by atoms with van der Waals surface area (Å²) in [5.74, 6) is 2.77. The van der Waals surface area contributed by atoms with Gasteiger partial charge in [0.2, 0.25) is 5.91 Å². The second-order valence-corrected chi connectivity index (χ2v) is 6.79. The van der Waals surface area contributed by atoms with Gasteiger partial charge in [-0.3, -0.25) is 4.79 Å². The molecule has 0 spiro atoms. The minimum Gasteiger partial charge on any atom is -0.346 e. The largest absolute Gasteiger partial charge is 0.346 e. The third-order valence-electron chi connectivity index (χ3n) is 4.11. The van der Waals surface area contributed by atoms with Crippen LogP contribution in [-0.2, 0) is 4.79 Å². The molecular weight excluding hydrogens is 282 g/mol. The monoisotopic (exact) mass is 303 g/mol. The molecule has 5 heteroatoms. The van der Waals surface area contributed by atoms with E-state index in [0.717, 1.165) is 35.5 Å². The van der Waals surface area contributed by atoms with E-state index in [1.165, 1.54) is 0 Å². The first-order valence-electron chi connectivity index (χ1n) is 7.43. The highest BCUT2D eigenvalue weighted by Gasteiger charge is 2.40. The van der Waals surface area contributed by atoms with E-state index in [9.17, 15) is 4.79 Å². The average molecular weight is 303 g/mol. The second kappa shape index (κ2) is 6.10. The molecule has 1 aliphatic carbocycles. The van der Waals surface area contributed by atoms with Crippen molar-refractivity contribution >= 4 is 28.7 Å². The topological polar surface area (TPSA) is 57.8 Å². The van der Waals surface area contributed by atoms with Crippen molar-refractivity contribution in [2.45, 2.75) is 25.8 Å². The highest BCUT2D eigenvalue weighted by Crippen LogP contribution is 2.38. The molecular formula is C16H21N3OS. The number of aromatic amines is 1. The van der Waals surface area contributed by atoms with Gasteiger partial charge in [0.1, 0.15) is 5.82 Å². The molecule has 0 bridgehead atoms. The van der Waals surface area contributed by atoms with Crippen LogP contribution in [0.2, 0.25) is 0 Å². The molecule has 1 aliphatic rings. The van der Waals surface area contributed by atoms with Crippen molar-refractivity contribution in [1.82, 2.24) is 15.3 Å². The number of nitrogens with one attached hydrogen (secondary N) is 2. The average Bonchev–Trinajstić information content (AvgIpc) is 3.06. The summed E-state index contributed by atoms with van der Waals surface area (Å²) >= 11 is 1.79. The maximum absolute atomic E-state index is 12.2. The van der Waals surface area contributed by atoms with E-state index in [4.69, 9.17) is 0 Å². The van der Waals surface area contributed by atoms with Gasteiger partial charge >= 0.3 is 0 Å². The number of rotatable bonds is 6. The number of carbonyl (C=O) groups excluding carboxylic acids is 1. The first-order valence-corrected chi connectivity index (χ1v) is 8.82. The number of imidazole rings is 1. The number of H-pyrrole nitrogens is 1. The zero-order chi connectivity index (χ0) is 14.8. The molecule has 3 atom stereocenters. The number of nitrogens with zero attached hydrogens (tertiary/aromatic N) is 1. The standard InChI is InChI=1S/C16H21N3OS/c1-10-9-11(10)16(20)19-14(7-8-21-2)15-17-12-5-3-4-6-13(12)18-15/h3-6,10-11,14H,7-9H2,1-2H3,(H,17,18)(H,19,20). The summed E-state index contributed by atoms with van der Waals surface area (Å²) in [5, 5.41) is 3.18. The van der Waals surface area contributed by atoms with Crippen LogP contribution in [0, 0.1) is 11.8 Å². The lowest BCUT2D eigenvalue weighted by Crippen LogP contribution is -2.31. The van der Waals surface area contributed by atoms with Gasteiger partial charge in [0.25, 0.3) is 0 Å². The van der Waals surface area contributed by atoms with Gasteiger partial charge in [-0.2, -0.15) is 11.8 Å². The van der Waals surface area contributed by atoms with E-state index in [-0.39, 0.29) is 17.9 Å². The van der Waals surface area contributed by atoms with Crippen LogP contribution in [0.1, 0.15) is 31.6 Å². The fourth-order valence-corrected chi connectivity index (χ4v) is 3.09. The first kappa shape index (κ1) is 14.4. The Morgan fingerprint density at radius 3 is 2.95 bits per heavy atom. The molecule has 21 heavy (non-hydrogen) atoms. The van der Waals surface area contributed by atoms with Crippen molar-refractivity contribution in [3.63, 3.8) is 0 Å². The molecule has 2 N–H and O–H groups in total. The predicted molar refractivity (Wildman–Crippen MR) is 87.2 cm³/mol. The maximum atomic E-state index is 12.2. The minimum absolute atomic E-state index is 0.0230. The Hall–Kier alpha value is -1.49. The van der Waals surface area contributed by atoms with Crippen LogP contribution in [-0.4, -0.2) is 27.9 Å². The van der Waals surface area contributed by atoms with Crippen LogP contribution >= 0.6 is 11.8 Å². The van der Waals surface area contributed by atoms with Crippen molar-refractivity contribution in [2.24, 2.45) is 11.8 Å². The van der Waals surface area contributed by atoms with E-state index >= 15 is 0 Å². The molecule has 1 saturated carbocycles. The molecule has 1 amide bonds. The van der Waals surface area contributed by atoms with Gasteiger partial charge in [-0.05, 0) is 42.9 Å². The Morgan fingerprint density at radius 2 is 2.29 bits per heavy atom. The summed E-state index contributed by atoms with van der Waals surface area (Å²) in [4.78, 5) is 20.2. The maximum Gasteiger partial charge on any atom is 0.223 e. The number of hydrogen-bond acceptors (Lipinski definition) is 3. The smallest absolute Gasteiger partial charge is 0.223 e. The molecule has 112 valence electrons. The molecule has 0 aliphatic heterocycles. The van der Waals surface area contributed by atoms with Crippen LogP contribution in [0.4, 0.5) is 0 Å². The number of carbonyl (C=O) groups is 1. The van der Waals surface area contributed by atoms with Gasteiger partial charge in [0, 0.05) is 5.92 Å². The molecule has 0 radical (unpaired) electrons. The van der Waals surface area contributed by atoms with Crippen LogP contribution in [0.25, 0.3) is 11.0 Å². The first-order chi connectivity index (χ1) is 10.2. The number of hydrogen-bond donors (Lipinski definition) is 2. The summed E-state index contributed by atoms with van der Waals surface area (Å²) in [6, 6.07) is 7.96. The van der Waals surface area contributed by atoms with Crippen molar-refractivity contribution in [3.05, 3.63) is 30.1 Å². The molecule has 0 saturated heterocycles. The van der Waals surface area contributed by atoms with Crippen LogP contribution in [0.5, 0.6) is 0 Å². The summed E-state index contributed by atoms with van der Waals surface area (Å²) in [6.45, 7) is 2.13. The molecule has 3 unspecified atom stereocenters. The van der Waals surface area contributed by atoms with Gasteiger partial charge in [0.05, 0.1) is 17.1 Å². The summed E-state index contributed by atoms with van der Waals surface area (Å²) in [5.41, 5.74) is 1.98. The van der Waals surface area contributed by atoms with Gasteiger partial charge in [-0.25, -0.2) is 4.98 Å². The number of thioether (sulfide) groups is 1. The molecule has 4 nitrogen and oxygen atoms in total. The normalized spacial score (nSPS) is 22.2. The number of amides is 1. The lowest BCUT2D eigenvalue weighted by atomic mass is 10.2. The van der Waals surface area contributed by atoms with Gasteiger partial charge in [0.15, 0.2) is 0 Å². The van der Waals surface area contributed by atoms with Gasteiger partial charge in [-0.1, -0.05) is 19.1 Å². The summed E-state index contributed by atoms with van der Waals surface area (Å²) < 4.78 is 0. The van der Waals surface area contributed by atoms with Crippen molar-refractivity contribution in [1.29, 1.82) is 0 Å². The number of benzene rings is 1. The van der Waals surface area contributed by atoms with E-state index in [2.05, 4.69) is 28.5 Å². The Morgan fingerprint density at radius 1 is 1.52 bits per heavy atom. The molecule has 1 heterocycles. The molecule has 1 aromatic heterocycles. The SMILES string of the molecule is CSCCC(NC(=O)C1CC1C)c1nc2ccccc2[nH]1. The van der Waals surface area contributed by atoms with Crippen molar-refractivity contribution < 1.29 is 4.79 Å². The van der Waals surface area contributed by atoms with Crippen LogP contribution < -0.4 is 5.32 Å². The molecule has 3 rings (SSSR count). The fraction of sp³-hybridized carbons (Fsp3) is 0.500. The van der Waals surface area contributed by atoms with Crippen LogP contribution in [0.15, 0.2) is 24.3 Å². The highest BCUT2D eigenvalue weighted by molar-refractivity contribution is 7.98. The van der Waals surface area contributed by atoms with Gasteiger partial charge < -0.3 is 10.3 Å². The fourth-order valence-electron chi connectivity index (χ4n) is 2.62. The minimum atomic E-state index is -0.0230. The van der Waals surface area contributed by atoms with Crippen LogP contribution in [0.3, 0.4) is 0 Å². The zero-order valence-electron chi connectivity index (χ0n) is 12.4.